The molecule has 0 radical (unpaired) electrons. The Kier molecular flexibility index (Phi) is 4.14. The van der Waals surface area contributed by atoms with Crippen LogP contribution in [0.4, 0.5) is 20.6 Å². The number of anilines is 2. The number of urea groups is 1. The quantitative estimate of drug-likeness (QED) is 0.783. The summed E-state index contributed by atoms with van der Waals surface area (Å²) in [6.07, 6.45) is 0. The second-order valence-electron chi connectivity index (χ2n) is 3.60. The van der Waals surface area contributed by atoms with Gasteiger partial charge in [0, 0.05) is 14.9 Å². The van der Waals surface area contributed by atoms with Crippen LogP contribution < -0.4 is 10.6 Å². The van der Waals surface area contributed by atoms with E-state index in [4.69, 9.17) is 0 Å². The molecule has 0 aliphatic rings. The van der Waals surface area contributed by atoms with Gasteiger partial charge in [-0.25, -0.2) is 9.18 Å². The second-order valence-corrected chi connectivity index (χ2v) is 4.85. The Hall–Kier alpha value is -1.63. The van der Waals surface area contributed by atoms with Crippen LogP contribution in [0.15, 0.2) is 48.5 Å². The summed E-state index contributed by atoms with van der Waals surface area (Å²) >= 11 is 2.16. The fourth-order valence-electron chi connectivity index (χ4n) is 1.43. The zero-order valence-electron chi connectivity index (χ0n) is 9.28. The molecule has 2 N–H and O–H groups in total. The lowest BCUT2D eigenvalue weighted by Gasteiger charge is -2.07. The van der Waals surface area contributed by atoms with Crippen LogP contribution in [0.5, 0.6) is 0 Å². The first-order valence-corrected chi connectivity index (χ1v) is 6.30. The van der Waals surface area contributed by atoms with Gasteiger partial charge >= 0.3 is 6.03 Å². The van der Waals surface area contributed by atoms with E-state index in [1.54, 1.807) is 12.1 Å². The van der Waals surface area contributed by atoms with E-state index in [1.165, 1.54) is 18.2 Å². The Morgan fingerprint density at radius 1 is 1.00 bits per heavy atom. The van der Waals surface area contributed by atoms with Crippen LogP contribution in [0.3, 0.4) is 0 Å². The monoisotopic (exact) mass is 356 g/mol. The molecule has 5 heteroatoms. The van der Waals surface area contributed by atoms with Crippen LogP contribution in [0, 0.1) is 9.39 Å². The molecule has 0 fully saturated rings. The first-order chi connectivity index (χ1) is 8.63. The van der Waals surface area contributed by atoms with Crippen molar-refractivity contribution in [3.05, 3.63) is 57.9 Å². The average molecular weight is 356 g/mol. The SMILES string of the molecule is O=C(Nc1cccc(F)c1)Nc1cccc(I)c1. The zero-order chi connectivity index (χ0) is 13.0. The number of rotatable bonds is 2. The fraction of sp³-hybridized carbons (Fsp3) is 0. The Bertz CT molecular complexity index is 525. The number of hydrogen-bond donors (Lipinski definition) is 2. The van der Waals surface area contributed by atoms with Gasteiger partial charge in [-0.1, -0.05) is 12.1 Å². The minimum absolute atomic E-state index is 0.387. The molecule has 18 heavy (non-hydrogen) atoms. The van der Waals surface area contributed by atoms with E-state index in [9.17, 15) is 9.18 Å². The van der Waals surface area contributed by atoms with Gasteiger partial charge in [0.15, 0.2) is 0 Å². The van der Waals surface area contributed by atoms with Crippen LogP contribution in [-0.4, -0.2) is 6.03 Å². The van der Waals surface area contributed by atoms with Gasteiger partial charge < -0.3 is 10.6 Å². The van der Waals surface area contributed by atoms with Crippen molar-refractivity contribution in [1.29, 1.82) is 0 Å². The number of nitrogens with one attached hydrogen (secondary N) is 2. The first-order valence-electron chi connectivity index (χ1n) is 5.22. The number of carbonyl (C=O) groups is 1. The van der Waals surface area contributed by atoms with Gasteiger partial charge in [-0.05, 0) is 59.0 Å². The lowest BCUT2D eigenvalue weighted by atomic mass is 10.3. The van der Waals surface area contributed by atoms with E-state index in [2.05, 4.69) is 33.2 Å². The summed E-state index contributed by atoms with van der Waals surface area (Å²) in [5.41, 5.74) is 1.11. The van der Waals surface area contributed by atoms with Crippen molar-refractivity contribution in [3.63, 3.8) is 0 Å². The molecule has 0 aromatic heterocycles. The molecule has 92 valence electrons. The van der Waals surface area contributed by atoms with Crippen LogP contribution in [-0.2, 0) is 0 Å². The third-order valence-corrected chi connectivity index (χ3v) is 2.84. The minimum Gasteiger partial charge on any atom is -0.308 e. The molecule has 2 aromatic carbocycles. The molecule has 0 spiro atoms. The molecule has 2 aromatic rings. The molecule has 0 atom stereocenters. The number of halogens is 2. The highest BCUT2D eigenvalue weighted by Crippen LogP contribution is 2.13. The highest BCUT2D eigenvalue weighted by Gasteiger charge is 2.03. The van der Waals surface area contributed by atoms with Gasteiger partial charge in [-0.2, -0.15) is 0 Å². The van der Waals surface area contributed by atoms with Crippen LogP contribution in [0.2, 0.25) is 0 Å². The lowest BCUT2D eigenvalue weighted by Crippen LogP contribution is -2.19. The van der Waals surface area contributed by atoms with Gasteiger partial charge in [0.05, 0.1) is 0 Å². The maximum Gasteiger partial charge on any atom is 0.323 e. The van der Waals surface area contributed by atoms with E-state index < -0.39 is 6.03 Å². The predicted octanol–water partition coefficient (Wildman–Crippen LogP) is 4.07. The predicted molar refractivity (Wildman–Crippen MR) is 78.2 cm³/mol. The molecular formula is C13H10FIN2O. The van der Waals surface area contributed by atoms with Crippen molar-refractivity contribution in [2.45, 2.75) is 0 Å². The van der Waals surface area contributed by atoms with E-state index in [0.29, 0.717) is 11.4 Å². The molecule has 0 aliphatic heterocycles. The maximum atomic E-state index is 12.9. The summed E-state index contributed by atoms with van der Waals surface area (Å²) in [5.74, 6) is -0.387. The largest absolute Gasteiger partial charge is 0.323 e. The first kappa shape index (κ1) is 12.8. The van der Waals surface area contributed by atoms with Crippen molar-refractivity contribution in [2.75, 3.05) is 10.6 Å². The molecule has 0 saturated carbocycles. The van der Waals surface area contributed by atoms with Gasteiger partial charge in [0.2, 0.25) is 0 Å². The van der Waals surface area contributed by atoms with Gasteiger partial charge in [-0.15, -0.1) is 0 Å². The Morgan fingerprint density at radius 3 is 2.22 bits per heavy atom. The summed E-state index contributed by atoms with van der Waals surface area (Å²) in [7, 11) is 0. The van der Waals surface area contributed by atoms with E-state index in [1.807, 2.05) is 18.2 Å². The summed E-state index contributed by atoms with van der Waals surface area (Å²) in [5, 5.41) is 5.23. The van der Waals surface area contributed by atoms with Crippen LogP contribution >= 0.6 is 22.6 Å². The third-order valence-electron chi connectivity index (χ3n) is 2.16. The standard InChI is InChI=1S/C13H10FIN2O/c14-9-3-1-5-11(7-9)16-13(18)17-12-6-2-4-10(15)8-12/h1-8H,(H2,16,17,18). The highest BCUT2D eigenvalue weighted by atomic mass is 127. The molecular weight excluding hydrogens is 346 g/mol. The van der Waals surface area contributed by atoms with Gasteiger partial charge in [0.1, 0.15) is 5.82 Å². The molecule has 0 saturated heterocycles. The van der Waals surface area contributed by atoms with Crippen LogP contribution in [0.25, 0.3) is 0 Å². The summed E-state index contributed by atoms with van der Waals surface area (Å²) < 4.78 is 13.9. The molecule has 2 rings (SSSR count). The molecule has 2 amide bonds. The smallest absolute Gasteiger partial charge is 0.308 e. The summed E-state index contributed by atoms with van der Waals surface area (Å²) in [6, 6.07) is 12.7. The zero-order valence-corrected chi connectivity index (χ0v) is 11.4. The normalized spacial score (nSPS) is 9.89. The van der Waals surface area contributed by atoms with Crippen molar-refractivity contribution in [2.24, 2.45) is 0 Å². The second kappa shape index (κ2) is 5.81. The van der Waals surface area contributed by atoms with E-state index in [-0.39, 0.29) is 5.82 Å². The van der Waals surface area contributed by atoms with E-state index in [0.717, 1.165) is 3.57 Å². The number of hydrogen-bond acceptors (Lipinski definition) is 1. The van der Waals surface area contributed by atoms with E-state index >= 15 is 0 Å². The van der Waals surface area contributed by atoms with Crippen molar-refractivity contribution in [3.8, 4) is 0 Å². The summed E-state index contributed by atoms with van der Waals surface area (Å²) in [4.78, 5) is 11.7. The average Bonchev–Trinajstić information content (AvgIpc) is 2.28. The highest BCUT2D eigenvalue weighted by molar-refractivity contribution is 14.1. The molecule has 3 nitrogen and oxygen atoms in total. The topological polar surface area (TPSA) is 41.1 Å². The lowest BCUT2D eigenvalue weighted by molar-refractivity contribution is 0.262. The number of amides is 2. The minimum atomic E-state index is -0.400. The molecule has 0 heterocycles. The summed E-state index contributed by atoms with van der Waals surface area (Å²) in [6.45, 7) is 0. The molecule has 0 bridgehead atoms. The van der Waals surface area contributed by atoms with Gasteiger partial charge in [-0.3, -0.25) is 0 Å². The van der Waals surface area contributed by atoms with Crippen molar-refractivity contribution < 1.29 is 9.18 Å². The number of benzene rings is 2. The van der Waals surface area contributed by atoms with Crippen LogP contribution in [0.1, 0.15) is 0 Å². The third kappa shape index (κ3) is 3.69. The van der Waals surface area contributed by atoms with Crippen molar-refractivity contribution >= 4 is 40.0 Å². The molecule has 0 unspecified atom stereocenters. The number of carbonyl (C=O) groups excluding carboxylic acids is 1. The van der Waals surface area contributed by atoms with Gasteiger partial charge in [0.25, 0.3) is 0 Å². The molecule has 0 aliphatic carbocycles. The Morgan fingerprint density at radius 2 is 1.61 bits per heavy atom. The maximum absolute atomic E-state index is 12.9. The van der Waals surface area contributed by atoms with Crippen molar-refractivity contribution in [1.82, 2.24) is 0 Å². The Labute approximate surface area is 118 Å². The fourth-order valence-corrected chi connectivity index (χ4v) is 1.97. The Balaban J connectivity index is 2.01.